The molecule has 0 spiro atoms. The van der Waals surface area contributed by atoms with Gasteiger partial charge in [0.25, 0.3) is 0 Å². The van der Waals surface area contributed by atoms with Crippen LogP contribution in [0, 0.1) is 18.6 Å². The van der Waals surface area contributed by atoms with E-state index in [9.17, 15) is 4.79 Å². The number of amides is 1. The summed E-state index contributed by atoms with van der Waals surface area (Å²) in [5.74, 6) is 0.810. The molecule has 0 aliphatic carbocycles. The highest BCUT2D eigenvalue weighted by molar-refractivity contribution is 7.71. The lowest BCUT2D eigenvalue weighted by atomic mass is 10.1. The van der Waals surface area contributed by atoms with Crippen LogP contribution in [0.15, 0.2) is 48.5 Å². The van der Waals surface area contributed by atoms with E-state index in [0.717, 1.165) is 50.5 Å². The molecule has 180 valence electrons. The van der Waals surface area contributed by atoms with Crippen LogP contribution in [-0.4, -0.2) is 64.8 Å². The minimum absolute atomic E-state index is 0.0437. The molecule has 1 aromatic heterocycles. The van der Waals surface area contributed by atoms with Crippen molar-refractivity contribution in [1.29, 1.82) is 0 Å². The number of nitrogens with one attached hydrogen (secondary N) is 2. The van der Waals surface area contributed by atoms with E-state index >= 15 is 0 Å². The van der Waals surface area contributed by atoms with E-state index in [0.29, 0.717) is 24.3 Å². The van der Waals surface area contributed by atoms with Gasteiger partial charge in [0.05, 0.1) is 0 Å². The second-order valence-corrected chi connectivity index (χ2v) is 9.38. The van der Waals surface area contributed by atoms with Crippen molar-refractivity contribution in [3.63, 3.8) is 0 Å². The number of hydrogen-bond donors (Lipinski definition) is 2. The largest absolute Gasteiger partial charge is 0.369 e. The van der Waals surface area contributed by atoms with Gasteiger partial charge in [0.1, 0.15) is 0 Å². The molecule has 0 bridgehead atoms. The number of carbonyl (C=O) groups is 1. The maximum absolute atomic E-state index is 12.4. The number of aromatic nitrogens is 3. The number of benzene rings is 2. The van der Waals surface area contributed by atoms with Crippen LogP contribution >= 0.6 is 12.2 Å². The quantitative estimate of drug-likeness (QED) is 0.360. The first-order chi connectivity index (χ1) is 16.5. The molecule has 1 fully saturated rings. The maximum atomic E-state index is 12.4. The molecule has 8 heteroatoms. The number of aryl methyl sites for hydroxylation is 2. The lowest BCUT2D eigenvalue weighted by Gasteiger charge is -2.36. The summed E-state index contributed by atoms with van der Waals surface area (Å²) < 4.78 is 2.43. The van der Waals surface area contributed by atoms with Crippen LogP contribution in [0.2, 0.25) is 0 Å². The normalized spacial score (nSPS) is 14.4. The highest BCUT2D eigenvalue weighted by Gasteiger charge is 2.17. The molecular weight excluding hydrogens is 444 g/mol. The Labute approximate surface area is 206 Å². The molecule has 3 aromatic rings. The van der Waals surface area contributed by atoms with Crippen LogP contribution in [0.25, 0.3) is 11.4 Å². The van der Waals surface area contributed by atoms with Crippen molar-refractivity contribution >= 4 is 23.8 Å². The third-order valence-electron chi connectivity index (χ3n) is 6.34. The Bertz CT molecular complexity index is 1140. The van der Waals surface area contributed by atoms with Crippen LogP contribution in [0.1, 0.15) is 24.0 Å². The molecule has 0 saturated carbocycles. The van der Waals surface area contributed by atoms with E-state index in [2.05, 4.69) is 63.4 Å². The molecule has 7 nitrogen and oxygen atoms in total. The standard InChI is InChI=1S/C26H34N6OS/c1-20-7-9-22(10-8-20)25-28-29-26(34)32(25)14-11-24(33)27-12-4-13-30-15-17-31(18-16-30)23-6-3-5-21(2)19-23/h3,5-10,19H,4,11-18H2,1-2H3,(H,27,33)(H,29,34). The number of piperazine rings is 1. The van der Waals surface area contributed by atoms with Gasteiger partial charge in [-0.15, -0.1) is 0 Å². The van der Waals surface area contributed by atoms with Crippen LogP contribution in [-0.2, 0) is 11.3 Å². The van der Waals surface area contributed by atoms with Gasteiger partial charge in [-0.1, -0.05) is 42.0 Å². The fraction of sp³-hybridized carbons (Fsp3) is 0.423. The molecule has 2 N–H and O–H groups in total. The van der Waals surface area contributed by atoms with Crippen molar-refractivity contribution in [3.8, 4) is 11.4 Å². The smallest absolute Gasteiger partial charge is 0.221 e. The molecule has 0 unspecified atom stereocenters. The molecule has 1 saturated heterocycles. The van der Waals surface area contributed by atoms with Gasteiger partial charge in [-0.05, 0) is 56.7 Å². The Morgan fingerprint density at radius 2 is 1.79 bits per heavy atom. The summed E-state index contributed by atoms with van der Waals surface area (Å²) in [6, 6.07) is 16.9. The van der Waals surface area contributed by atoms with E-state index < -0.39 is 0 Å². The van der Waals surface area contributed by atoms with E-state index in [-0.39, 0.29) is 5.91 Å². The van der Waals surface area contributed by atoms with Crippen molar-refractivity contribution < 1.29 is 4.79 Å². The first-order valence-corrected chi connectivity index (χ1v) is 12.4. The van der Waals surface area contributed by atoms with E-state index in [1.165, 1.54) is 16.8 Å². The number of nitrogens with zero attached hydrogens (tertiary/aromatic N) is 4. The summed E-state index contributed by atoms with van der Waals surface area (Å²) in [4.78, 5) is 17.3. The Hall–Kier alpha value is -2.97. The second kappa shape index (κ2) is 11.4. The average molecular weight is 479 g/mol. The van der Waals surface area contributed by atoms with E-state index in [1.807, 2.05) is 28.8 Å². The predicted molar refractivity (Wildman–Crippen MR) is 140 cm³/mol. The molecule has 34 heavy (non-hydrogen) atoms. The monoisotopic (exact) mass is 478 g/mol. The number of anilines is 1. The van der Waals surface area contributed by atoms with Gasteiger partial charge in [0.15, 0.2) is 10.6 Å². The maximum Gasteiger partial charge on any atom is 0.221 e. The summed E-state index contributed by atoms with van der Waals surface area (Å²) in [5.41, 5.74) is 4.80. The minimum atomic E-state index is 0.0437. The molecule has 1 aliphatic rings. The Kier molecular flexibility index (Phi) is 8.13. The van der Waals surface area contributed by atoms with Gasteiger partial charge < -0.3 is 10.2 Å². The van der Waals surface area contributed by atoms with Gasteiger partial charge in [0.2, 0.25) is 5.91 Å². The fourth-order valence-corrected chi connectivity index (χ4v) is 4.56. The van der Waals surface area contributed by atoms with Crippen molar-refractivity contribution in [2.45, 2.75) is 33.2 Å². The van der Waals surface area contributed by atoms with Crippen molar-refractivity contribution in [2.24, 2.45) is 0 Å². The van der Waals surface area contributed by atoms with Crippen molar-refractivity contribution in [3.05, 3.63) is 64.4 Å². The van der Waals surface area contributed by atoms with Gasteiger partial charge >= 0.3 is 0 Å². The number of aromatic amines is 1. The van der Waals surface area contributed by atoms with Crippen molar-refractivity contribution in [1.82, 2.24) is 25.0 Å². The van der Waals surface area contributed by atoms with Crippen LogP contribution in [0.5, 0.6) is 0 Å². The lowest BCUT2D eigenvalue weighted by molar-refractivity contribution is -0.121. The SMILES string of the molecule is Cc1ccc(-c2n[nH]c(=S)n2CCC(=O)NCCCN2CCN(c3cccc(C)c3)CC2)cc1. The molecule has 0 radical (unpaired) electrons. The Morgan fingerprint density at radius 3 is 2.53 bits per heavy atom. The molecular formula is C26H34N6OS. The molecule has 1 aliphatic heterocycles. The molecule has 1 amide bonds. The molecule has 0 atom stereocenters. The third-order valence-corrected chi connectivity index (χ3v) is 6.65. The average Bonchev–Trinajstić information content (AvgIpc) is 3.21. The Balaban J connectivity index is 1.16. The summed E-state index contributed by atoms with van der Waals surface area (Å²) >= 11 is 5.38. The number of H-pyrrole nitrogens is 1. The summed E-state index contributed by atoms with van der Waals surface area (Å²) in [6.45, 7) is 10.6. The lowest BCUT2D eigenvalue weighted by Crippen LogP contribution is -2.47. The summed E-state index contributed by atoms with van der Waals surface area (Å²) in [6.07, 6.45) is 1.33. The fourth-order valence-electron chi connectivity index (χ4n) is 4.33. The predicted octanol–water partition coefficient (Wildman–Crippen LogP) is 3.94. The molecule has 4 rings (SSSR count). The molecule has 2 heterocycles. The number of rotatable bonds is 9. The zero-order chi connectivity index (χ0) is 23.9. The van der Waals surface area contributed by atoms with Crippen LogP contribution < -0.4 is 10.2 Å². The second-order valence-electron chi connectivity index (χ2n) is 8.99. The van der Waals surface area contributed by atoms with Crippen molar-refractivity contribution in [2.75, 3.05) is 44.2 Å². The van der Waals surface area contributed by atoms with Gasteiger partial charge in [-0.25, -0.2) is 0 Å². The highest BCUT2D eigenvalue weighted by atomic mass is 32.1. The first kappa shape index (κ1) is 24.2. The number of carbonyl (C=O) groups excluding carboxylic acids is 1. The number of hydrogen-bond acceptors (Lipinski definition) is 5. The van der Waals surface area contributed by atoms with Gasteiger partial charge in [-0.3, -0.25) is 19.4 Å². The minimum Gasteiger partial charge on any atom is -0.369 e. The first-order valence-electron chi connectivity index (χ1n) is 12.0. The topological polar surface area (TPSA) is 69.2 Å². The summed E-state index contributed by atoms with van der Waals surface area (Å²) in [5, 5.41) is 10.3. The zero-order valence-electron chi connectivity index (χ0n) is 20.1. The Morgan fingerprint density at radius 1 is 1.03 bits per heavy atom. The van der Waals surface area contributed by atoms with E-state index in [1.54, 1.807) is 0 Å². The zero-order valence-corrected chi connectivity index (χ0v) is 20.9. The van der Waals surface area contributed by atoms with Crippen LogP contribution in [0.4, 0.5) is 5.69 Å². The van der Waals surface area contributed by atoms with Crippen LogP contribution in [0.3, 0.4) is 0 Å². The molecule has 2 aromatic carbocycles. The summed E-state index contributed by atoms with van der Waals surface area (Å²) in [7, 11) is 0. The van der Waals surface area contributed by atoms with Gasteiger partial charge in [0, 0.05) is 56.9 Å². The highest BCUT2D eigenvalue weighted by Crippen LogP contribution is 2.19. The third kappa shape index (κ3) is 6.33. The van der Waals surface area contributed by atoms with E-state index in [4.69, 9.17) is 12.2 Å². The van der Waals surface area contributed by atoms with Gasteiger partial charge in [-0.2, -0.15) is 5.10 Å².